The topological polar surface area (TPSA) is 78.4 Å². The van der Waals surface area contributed by atoms with Gasteiger partial charge in [0, 0.05) is 19.6 Å². The number of rotatable bonds is 5. The van der Waals surface area contributed by atoms with Crippen LogP contribution in [0.5, 0.6) is 0 Å². The van der Waals surface area contributed by atoms with Crippen LogP contribution in [-0.2, 0) is 16.4 Å². The van der Waals surface area contributed by atoms with E-state index < -0.39 is 15.6 Å². The second-order valence-electron chi connectivity index (χ2n) is 4.65. The normalized spacial score (nSPS) is 18.3. The van der Waals surface area contributed by atoms with Gasteiger partial charge in [-0.2, -0.15) is 0 Å². The minimum absolute atomic E-state index is 0.0395. The molecule has 0 atom stereocenters. The van der Waals surface area contributed by atoms with Gasteiger partial charge in [0.1, 0.15) is 5.60 Å². The second-order valence-corrected chi connectivity index (χ2v) is 6.42. The van der Waals surface area contributed by atoms with Crippen molar-refractivity contribution < 1.29 is 13.5 Å². The first-order valence-corrected chi connectivity index (χ1v) is 7.45. The molecule has 2 rings (SSSR count). The summed E-state index contributed by atoms with van der Waals surface area (Å²) in [5.74, 6) is 0. The van der Waals surface area contributed by atoms with Crippen molar-refractivity contribution in [2.24, 2.45) is 0 Å². The number of sulfonamides is 1. The van der Waals surface area contributed by atoms with Crippen molar-refractivity contribution >= 4 is 10.0 Å². The van der Waals surface area contributed by atoms with Crippen LogP contribution in [-0.4, -0.2) is 38.8 Å². The quantitative estimate of drug-likeness (QED) is 0.696. The van der Waals surface area contributed by atoms with Gasteiger partial charge in [-0.3, -0.25) is 0 Å². The van der Waals surface area contributed by atoms with Crippen molar-refractivity contribution in [3.05, 3.63) is 29.8 Å². The molecule has 5 nitrogen and oxygen atoms in total. The molecule has 18 heavy (non-hydrogen) atoms. The molecular formula is C12H18N2O3S. The number of nitrogens with one attached hydrogen (secondary N) is 2. The van der Waals surface area contributed by atoms with Gasteiger partial charge in [-0.25, -0.2) is 13.1 Å². The van der Waals surface area contributed by atoms with Crippen molar-refractivity contribution in [1.82, 2.24) is 10.0 Å². The molecule has 0 spiro atoms. The molecule has 1 aromatic rings. The zero-order valence-corrected chi connectivity index (χ0v) is 11.1. The largest absolute Gasteiger partial charge is 0.386 e. The highest BCUT2D eigenvalue weighted by Gasteiger charge is 2.35. The Balaban J connectivity index is 2.05. The molecular weight excluding hydrogens is 252 g/mol. The molecule has 1 heterocycles. The summed E-state index contributed by atoms with van der Waals surface area (Å²) in [6, 6.07) is 6.77. The molecule has 0 saturated carbocycles. The number of aryl methyl sites for hydroxylation is 1. The maximum Gasteiger partial charge on any atom is 0.240 e. The Labute approximate surface area is 107 Å². The first-order valence-electron chi connectivity index (χ1n) is 5.97. The highest BCUT2D eigenvalue weighted by molar-refractivity contribution is 7.89. The summed E-state index contributed by atoms with van der Waals surface area (Å²) in [5.41, 5.74) is 0.145. The van der Waals surface area contributed by atoms with E-state index in [1.807, 2.05) is 6.92 Å². The Morgan fingerprint density at radius 3 is 2.39 bits per heavy atom. The number of hydrogen-bond acceptors (Lipinski definition) is 4. The zero-order chi connectivity index (χ0) is 13.2. The van der Waals surface area contributed by atoms with E-state index in [0.29, 0.717) is 13.1 Å². The summed E-state index contributed by atoms with van der Waals surface area (Å²) in [7, 11) is -3.53. The fourth-order valence-corrected chi connectivity index (χ4v) is 2.88. The molecule has 0 radical (unpaired) electrons. The van der Waals surface area contributed by atoms with Gasteiger partial charge in [0.15, 0.2) is 0 Å². The first kappa shape index (κ1) is 13.5. The van der Waals surface area contributed by atoms with Crippen LogP contribution in [0, 0.1) is 0 Å². The summed E-state index contributed by atoms with van der Waals surface area (Å²) in [6.45, 7) is 2.90. The molecule has 0 bridgehead atoms. The molecule has 0 aromatic heterocycles. The molecule has 0 amide bonds. The summed E-state index contributed by atoms with van der Waals surface area (Å²) < 4.78 is 26.4. The standard InChI is InChI=1S/C12H18N2O3S/c1-2-10-3-5-11(6-4-10)18(16,17)14-9-12(15)7-13-8-12/h3-6,13-15H,2,7-9H2,1H3. The predicted molar refractivity (Wildman–Crippen MR) is 68.8 cm³/mol. The third-order valence-electron chi connectivity index (χ3n) is 3.14. The van der Waals surface area contributed by atoms with Gasteiger partial charge in [-0.05, 0) is 24.1 Å². The number of hydrogen-bond donors (Lipinski definition) is 3. The SMILES string of the molecule is CCc1ccc(S(=O)(=O)NCC2(O)CNC2)cc1. The van der Waals surface area contributed by atoms with Gasteiger partial charge >= 0.3 is 0 Å². The van der Waals surface area contributed by atoms with Crippen LogP contribution in [0.1, 0.15) is 12.5 Å². The Morgan fingerprint density at radius 2 is 1.94 bits per heavy atom. The lowest BCUT2D eigenvalue weighted by molar-refractivity contribution is -0.00396. The van der Waals surface area contributed by atoms with Crippen molar-refractivity contribution in [2.75, 3.05) is 19.6 Å². The molecule has 1 aromatic carbocycles. The lowest BCUT2D eigenvalue weighted by atomic mass is 9.98. The van der Waals surface area contributed by atoms with E-state index in [2.05, 4.69) is 10.0 Å². The Bertz CT molecular complexity index is 507. The van der Waals surface area contributed by atoms with Crippen LogP contribution < -0.4 is 10.0 Å². The molecule has 0 aliphatic carbocycles. The Morgan fingerprint density at radius 1 is 1.33 bits per heavy atom. The fraction of sp³-hybridized carbons (Fsp3) is 0.500. The van der Waals surface area contributed by atoms with Gasteiger partial charge in [0.2, 0.25) is 10.0 Å². The van der Waals surface area contributed by atoms with Crippen molar-refractivity contribution in [3.8, 4) is 0 Å². The third kappa shape index (κ3) is 2.89. The summed E-state index contributed by atoms with van der Waals surface area (Å²) in [6.07, 6.45) is 0.874. The van der Waals surface area contributed by atoms with Crippen LogP contribution in [0.2, 0.25) is 0 Å². The van der Waals surface area contributed by atoms with E-state index in [1.54, 1.807) is 24.3 Å². The third-order valence-corrected chi connectivity index (χ3v) is 4.56. The second kappa shape index (κ2) is 4.97. The monoisotopic (exact) mass is 270 g/mol. The first-order chi connectivity index (χ1) is 8.45. The molecule has 6 heteroatoms. The predicted octanol–water partition coefficient (Wildman–Crippen LogP) is -0.138. The van der Waals surface area contributed by atoms with Crippen molar-refractivity contribution in [1.29, 1.82) is 0 Å². The average molecular weight is 270 g/mol. The van der Waals surface area contributed by atoms with E-state index >= 15 is 0 Å². The van der Waals surface area contributed by atoms with Gasteiger partial charge in [0.25, 0.3) is 0 Å². The van der Waals surface area contributed by atoms with Crippen LogP contribution in [0.4, 0.5) is 0 Å². The highest BCUT2D eigenvalue weighted by atomic mass is 32.2. The van der Waals surface area contributed by atoms with E-state index in [0.717, 1.165) is 12.0 Å². The van der Waals surface area contributed by atoms with E-state index in [1.165, 1.54) is 0 Å². The average Bonchev–Trinajstić information content (AvgIpc) is 2.34. The molecule has 0 unspecified atom stereocenters. The van der Waals surface area contributed by atoms with Gasteiger partial charge in [-0.15, -0.1) is 0 Å². The van der Waals surface area contributed by atoms with E-state index in [-0.39, 0.29) is 11.4 Å². The fourth-order valence-electron chi connectivity index (χ4n) is 1.76. The molecule has 1 saturated heterocycles. The summed E-state index contributed by atoms with van der Waals surface area (Å²) in [5, 5.41) is 12.7. The molecule has 1 aliphatic heterocycles. The van der Waals surface area contributed by atoms with Crippen molar-refractivity contribution in [3.63, 3.8) is 0 Å². The van der Waals surface area contributed by atoms with Gasteiger partial charge in [-0.1, -0.05) is 19.1 Å². The number of β-amino-alcohol motifs (C(OH)–C–C–N with tert-alkyl or cyclic N) is 1. The molecule has 100 valence electrons. The molecule has 1 fully saturated rings. The number of benzene rings is 1. The Kier molecular flexibility index (Phi) is 3.72. The molecule has 3 N–H and O–H groups in total. The van der Waals surface area contributed by atoms with Crippen LogP contribution in [0.25, 0.3) is 0 Å². The van der Waals surface area contributed by atoms with E-state index in [4.69, 9.17) is 0 Å². The van der Waals surface area contributed by atoms with Crippen LogP contribution >= 0.6 is 0 Å². The Hall–Kier alpha value is -0.950. The molecule has 1 aliphatic rings. The maximum atomic E-state index is 12.0. The highest BCUT2D eigenvalue weighted by Crippen LogP contribution is 2.13. The van der Waals surface area contributed by atoms with Crippen molar-refractivity contribution in [2.45, 2.75) is 23.8 Å². The minimum atomic E-state index is -3.53. The van der Waals surface area contributed by atoms with Gasteiger partial charge < -0.3 is 10.4 Å². The van der Waals surface area contributed by atoms with Gasteiger partial charge in [0.05, 0.1) is 4.90 Å². The minimum Gasteiger partial charge on any atom is -0.386 e. The maximum absolute atomic E-state index is 12.0. The lowest BCUT2D eigenvalue weighted by Crippen LogP contribution is -2.64. The van der Waals surface area contributed by atoms with Crippen LogP contribution in [0.15, 0.2) is 29.2 Å². The zero-order valence-electron chi connectivity index (χ0n) is 10.3. The number of aliphatic hydroxyl groups is 1. The lowest BCUT2D eigenvalue weighted by Gasteiger charge is -2.37. The van der Waals surface area contributed by atoms with Crippen LogP contribution in [0.3, 0.4) is 0 Å². The summed E-state index contributed by atoms with van der Waals surface area (Å²) >= 11 is 0. The van der Waals surface area contributed by atoms with E-state index in [9.17, 15) is 13.5 Å². The summed E-state index contributed by atoms with van der Waals surface area (Å²) in [4.78, 5) is 0.232. The smallest absolute Gasteiger partial charge is 0.240 e.